The van der Waals surface area contributed by atoms with Crippen molar-refractivity contribution in [3.63, 3.8) is 0 Å². The van der Waals surface area contributed by atoms with Gasteiger partial charge in [-0.15, -0.1) is 0 Å². The molecule has 0 aliphatic heterocycles. The minimum Gasteiger partial charge on any atom is -0.278 e. The first-order chi connectivity index (χ1) is 11.9. The molecule has 0 fully saturated rings. The average molecular weight is 357 g/mol. The molecule has 3 rings (SSSR count). The number of hydrogen-bond donors (Lipinski definition) is 1. The summed E-state index contributed by atoms with van der Waals surface area (Å²) in [5.41, 5.74) is 2.59. The van der Waals surface area contributed by atoms with Crippen LogP contribution in [-0.2, 0) is 16.4 Å². The van der Waals surface area contributed by atoms with Gasteiger partial charge in [-0.1, -0.05) is 32.9 Å². The molecule has 0 amide bonds. The molecule has 0 aliphatic rings. The highest BCUT2D eigenvalue weighted by Crippen LogP contribution is 2.27. The molecule has 3 aromatic rings. The normalized spacial score (nSPS) is 12.0. The summed E-state index contributed by atoms with van der Waals surface area (Å²) < 4.78 is 28.1. The van der Waals surface area contributed by atoms with Crippen LogP contribution in [0, 0.1) is 5.92 Å². The Balaban J connectivity index is 2.06. The van der Waals surface area contributed by atoms with Crippen molar-refractivity contribution in [2.24, 2.45) is 5.92 Å². The molecule has 5 nitrogen and oxygen atoms in total. The van der Waals surface area contributed by atoms with Crippen molar-refractivity contribution in [3.8, 4) is 0 Å². The molecule has 1 N–H and O–H groups in total. The third kappa shape index (κ3) is 3.54. The van der Waals surface area contributed by atoms with E-state index in [1.54, 1.807) is 24.4 Å². The van der Waals surface area contributed by atoms with Gasteiger partial charge in [0.05, 0.1) is 22.3 Å². The van der Waals surface area contributed by atoms with Gasteiger partial charge >= 0.3 is 0 Å². The molecule has 6 heteroatoms. The highest BCUT2D eigenvalue weighted by Gasteiger charge is 2.26. The lowest BCUT2D eigenvalue weighted by atomic mass is 10.1. The number of rotatable bonds is 6. The zero-order chi connectivity index (χ0) is 18.0. The van der Waals surface area contributed by atoms with Crippen LogP contribution >= 0.6 is 0 Å². The molecule has 25 heavy (non-hydrogen) atoms. The van der Waals surface area contributed by atoms with Crippen molar-refractivity contribution in [1.82, 2.24) is 10.2 Å². The van der Waals surface area contributed by atoms with Crippen LogP contribution in [-0.4, -0.2) is 25.2 Å². The summed E-state index contributed by atoms with van der Waals surface area (Å²) in [6, 6.07) is 12.8. The Morgan fingerprint density at radius 2 is 1.84 bits per heavy atom. The van der Waals surface area contributed by atoms with Crippen molar-refractivity contribution in [1.29, 1.82) is 0 Å². The molecule has 0 saturated heterocycles. The average Bonchev–Trinajstić information content (AvgIpc) is 3.07. The zero-order valence-electron chi connectivity index (χ0n) is 14.7. The number of sulfonamides is 1. The number of benzene rings is 2. The number of aromatic nitrogens is 2. The van der Waals surface area contributed by atoms with E-state index >= 15 is 0 Å². The predicted octanol–water partition coefficient (Wildman–Crippen LogP) is 3.98. The van der Waals surface area contributed by atoms with E-state index in [0.717, 1.165) is 11.8 Å². The Morgan fingerprint density at radius 1 is 1.12 bits per heavy atom. The van der Waals surface area contributed by atoms with E-state index < -0.39 is 10.0 Å². The standard InChI is InChI=1S/C19H23N3O2S/c1-4-15-5-8-17(9-6-15)22(13-14(2)3)25(23,24)18-10-7-16-12-20-21-19(16)11-18/h5-12,14H,4,13H2,1-3H3,(H,20,21). The van der Waals surface area contributed by atoms with Gasteiger partial charge in [-0.3, -0.25) is 9.40 Å². The third-order valence-corrected chi connectivity index (χ3v) is 5.95. The molecule has 2 aromatic carbocycles. The topological polar surface area (TPSA) is 66.1 Å². The van der Waals surface area contributed by atoms with Crippen LogP contribution in [0.25, 0.3) is 10.9 Å². The van der Waals surface area contributed by atoms with Gasteiger partial charge in [0.15, 0.2) is 0 Å². The highest BCUT2D eigenvalue weighted by molar-refractivity contribution is 7.92. The molecule has 0 atom stereocenters. The fraction of sp³-hybridized carbons (Fsp3) is 0.316. The SMILES string of the molecule is CCc1ccc(N(CC(C)C)S(=O)(=O)c2ccc3cn[nH]c3c2)cc1. The number of fused-ring (bicyclic) bond motifs is 1. The second-order valence-corrected chi connectivity index (χ2v) is 8.43. The lowest BCUT2D eigenvalue weighted by molar-refractivity contribution is 0.578. The lowest BCUT2D eigenvalue weighted by Crippen LogP contribution is -2.34. The van der Waals surface area contributed by atoms with Crippen LogP contribution in [0.15, 0.2) is 53.6 Å². The molecule has 0 unspecified atom stereocenters. The van der Waals surface area contributed by atoms with Crippen LogP contribution in [0.3, 0.4) is 0 Å². The van der Waals surface area contributed by atoms with Gasteiger partial charge in [0.25, 0.3) is 10.0 Å². The summed E-state index contributed by atoms with van der Waals surface area (Å²) in [6.07, 6.45) is 2.61. The van der Waals surface area contributed by atoms with Crippen LogP contribution in [0.1, 0.15) is 26.3 Å². The zero-order valence-corrected chi connectivity index (χ0v) is 15.5. The summed E-state index contributed by atoms with van der Waals surface area (Å²) in [7, 11) is -3.65. The van der Waals surface area contributed by atoms with Gasteiger partial charge < -0.3 is 0 Å². The maximum atomic E-state index is 13.3. The number of nitrogens with zero attached hydrogens (tertiary/aromatic N) is 2. The highest BCUT2D eigenvalue weighted by atomic mass is 32.2. The molecule has 1 heterocycles. The van der Waals surface area contributed by atoms with Crippen molar-refractivity contribution in [3.05, 3.63) is 54.2 Å². The molecule has 132 valence electrons. The number of H-pyrrole nitrogens is 1. The van der Waals surface area contributed by atoms with Gasteiger partial charge in [-0.05, 0) is 48.2 Å². The van der Waals surface area contributed by atoms with E-state index in [1.165, 1.54) is 9.87 Å². The fourth-order valence-electron chi connectivity index (χ4n) is 2.78. The number of nitrogens with one attached hydrogen (secondary N) is 1. The lowest BCUT2D eigenvalue weighted by Gasteiger charge is -2.26. The first-order valence-corrected chi connectivity index (χ1v) is 9.90. The van der Waals surface area contributed by atoms with Crippen molar-refractivity contribution < 1.29 is 8.42 Å². The molecular weight excluding hydrogens is 334 g/mol. The van der Waals surface area contributed by atoms with Gasteiger partial charge in [-0.2, -0.15) is 5.10 Å². The van der Waals surface area contributed by atoms with E-state index in [4.69, 9.17) is 0 Å². The summed E-state index contributed by atoms with van der Waals surface area (Å²) in [6.45, 7) is 6.54. The fourth-order valence-corrected chi connectivity index (χ4v) is 4.43. The van der Waals surface area contributed by atoms with Gasteiger partial charge in [0.1, 0.15) is 0 Å². The molecular formula is C19H23N3O2S. The van der Waals surface area contributed by atoms with E-state index in [-0.39, 0.29) is 10.8 Å². The van der Waals surface area contributed by atoms with Crippen LogP contribution < -0.4 is 4.31 Å². The molecule has 0 aliphatic carbocycles. The second kappa shape index (κ2) is 6.88. The molecule has 0 saturated carbocycles. The minimum atomic E-state index is -3.65. The summed E-state index contributed by atoms with van der Waals surface area (Å²) in [5.74, 6) is 0.205. The van der Waals surface area contributed by atoms with E-state index in [2.05, 4.69) is 17.1 Å². The minimum absolute atomic E-state index is 0.205. The second-order valence-electron chi connectivity index (χ2n) is 6.57. The smallest absolute Gasteiger partial charge is 0.264 e. The summed E-state index contributed by atoms with van der Waals surface area (Å²) in [4.78, 5) is 0.268. The quantitative estimate of drug-likeness (QED) is 0.726. The Bertz CT molecular complexity index is 960. The van der Waals surface area contributed by atoms with Crippen molar-refractivity contribution >= 4 is 26.6 Å². The van der Waals surface area contributed by atoms with Crippen LogP contribution in [0.5, 0.6) is 0 Å². The van der Waals surface area contributed by atoms with E-state index in [0.29, 0.717) is 17.7 Å². The summed E-state index contributed by atoms with van der Waals surface area (Å²) >= 11 is 0. The molecule has 0 bridgehead atoms. The Morgan fingerprint density at radius 3 is 2.48 bits per heavy atom. The Labute approximate surface area is 148 Å². The van der Waals surface area contributed by atoms with Crippen molar-refractivity contribution in [2.75, 3.05) is 10.8 Å². The number of aryl methyl sites for hydroxylation is 1. The first kappa shape index (κ1) is 17.5. The third-order valence-electron chi connectivity index (χ3n) is 4.16. The van der Waals surface area contributed by atoms with Gasteiger partial charge in [-0.25, -0.2) is 8.42 Å². The maximum absolute atomic E-state index is 13.3. The maximum Gasteiger partial charge on any atom is 0.264 e. The van der Waals surface area contributed by atoms with Crippen molar-refractivity contribution in [2.45, 2.75) is 32.1 Å². The molecule has 0 radical (unpaired) electrons. The predicted molar refractivity (Wildman–Crippen MR) is 101 cm³/mol. The Kier molecular flexibility index (Phi) is 4.81. The number of aromatic amines is 1. The molecule has 1 aromatic heterocycles. The molecule has 0 spiro atoms. The monoisotopic (exact) mass is 357 g/mol. The van der Waals surface area contributed by atoms with Gasteiger partial charge in [0, 0.05) is 11.9 Å². The summed E-state index contributed by atoms with van der Waals surface area (Å²) in [5, 5.41) is 7.69. The number of hydrogen-bond acceptors (Lipinski definition) is 3. The van der Waals surface area contributed by atoms with Crippen LogP contribution in [0.2, 0.25) is 0 Å². The number of anilines is 1. The van der Waals surface area contributed by atoms with E-state index in [1.807, 2.05) is 38.1 Å². The first-order valence-electron chi connectivity index (χ1n) is 8.46. The largest absolute Gasteiger partial charge is 0.278 e. The van der Waals surface area contributed by atoms with E-state index in [9.17, 15) is 8.42 Å². The Hall–Kier alpha value is -2.34. The van der Waals surface area contributed by atoms with Gasteiger partial charge in [0.2, 0.25) is 0 Å². The van der Waals surface area contributed by atoms with Crippen LogP contribution in [0.4, 0.5) is 5.69 Å².